The number of hydrogen-bond acceptors (Lipinski definition) is 5. The lowest BCUT2D eigenvalue weighted by atomic mass is 10.2. The van der Waals surface area contributed by atoms with Gasteiger partial charge in [-0.05, 0) is 44.5 Å². The summed E-state index contributed by atoms with van der Waals surface area (Å²) in [6, 6.07) is 15.8. The van der Waals surface area contributed by atoms with E-state index < -0.39 is 5.60 Å². The number of carbonyl (C=O) groups is 1. The first kappa shape index (κ1) is 19.9. The predicted octanol–water partition coefficient (Wildman–Crippen LogP) is 3.90. The van der Waals surface area contributed by atoms with E-state index in [4.69, 9.17) is 15.2 Å². The maximum Gasteiger partial charge on any atom is 0.410 e. The Morgan fingerprint density at radius 2 is 1.71 bits per heavy atom. The van der Waals surface area contributed by atoms with Crippen molar-refractivity contribution in [2.75, 3.05) is 36.8 Å². The van der Waals surface area contributed by atoms with Crippen LogP contribution in [-0.4, -0.2) is 42.8 Å². The zero-order chi connectivity index (χ0) is 20.1. The Bertz CT molecular complexity index is 794. The molecule has 1 aliphatic rings. The summed E-state index contributed by atoms with van der Waals surface area (Å²) < 4.78 is 11.5. The number of benzene rings is 2. The number of amides is 1. The molecule has 2 aromatic carbocycles. The van der Waals surface area contributed by atoms with Gasteiger partial charge >= 0.3 is 6.09 Å². The van der Waals surface area contributed by atoms with Gasteiger partial charge in [0, 0.05) is 31.9 Å². The zero-order valence-electron chi connectivity index (χ0n) is 16.9. The number of anilines is 2. The third kappa shape index (κ3) is 5.31. The summed E-state index contributed by atoms with van der Waals surface area (Å²) in [4.78, 5) is 16.2. The van der Waals surface area contributed by atoms with E-state index in [0.717, 1.165) is 17.0 Å². The van der Waals surface area contributed by atoms with Gasteiger partial charge in [-0.15, -0.1) is 0 Å². The fourth-order valence-electron chi connectivity index (χ4n) is 3.10. The van der Waals surface area contributed by atoms with Gasteiger partial charge in [0.05, 0.1) is 5.69 Å². The Hall–Kier alpha value is -2.89. The Labute approximate surface area is 166 Å². The molecule has 1 fully saturated rings. The predicted molar refractivity (Wildman–Crippen MR) is 112 cm³/mol. The minimum atomic E-state index is -0.486. The molecule has 28 heavy (non-hydrogen) atoms. The van der Waals surface area contributed by atoms with Crippen molar-refractivity contribution in [3.8, 4) is 5.75 Å². The molecule has 0 aliphatic carbocycles. The molecule has 0 unspecified atom stereocenters. The average molecular weight is 383 g/mol. The minimum Gasteiger partial charge on any atom is -0.487 e. The van der Waals surface area contributed by atoms with E-state index in [1.807, 2.05) is 69.3 Å². The van der Waals surface area contributed by atoms with Crippen molar-refractivity contribution < 1.29 is 14.3 Å². The van der Waals surface area contributed by atoms with Crippen molar-refractivity contribution in [1.82, 2.24) is 4.90 Å². The monoisotopic (exact) mass is 383 g/mol. The molecule has 1 heterocycles. The molecule has 0 spiro atoms. The van der Waals surface area contributed by atoms with Crippen molar-refractivity contribution in [3.63, 3.8) is 0 Å². The molecule has 0 radical (unpaired) electrons. The molecule has 0 bridgehead atoms. The summed E-state index contributed by atoms with van der Waals surface area (Å²) in [6.07, 6.45) is -0.264. The van der Waals surface area contributed by atoms with Crippen LogP contribution in [0.2, 0.25) is 0 Å². The summed E-state index contributed by atoms with van der Waals surface area (Å²) in [6.45, 7) is 8.73. The lowest BCUT2D eigenvalue weighted by molar-refractivity contribution is 0.0240. The van der Waals surface area contributed by atoms with Crippen molar-refractivity contribution >= 4 is 17.5 Å². The van der Waals surface area contributed by atoms with Crippen LogP contribution in [0.15, 0.2) is 48.5 Å². The molecule has 1 aliphatic heterocycles. The summed E-state index contributed by atoms with van der Waals surface area (Å²) in [5.41, 5.74) is 8.29. The van der Waals surface area contributed by atoms with Crippen molar-refractivity contribution in [2.45, 2.75) is 33.0 Å². The molecule has 2 N–H and O–H groups in total. The SMILES string of the molecule is CC(C)(C)OC(=O)N1CCN(c2cc(N)ccc2OCc2ccccc2)CC1. The molecule has 3 rings (SSSR count). The van der Waals surface area contributed by atoms with Crippen molar-refractivity contribution in [3.05, 3.63) is 54.1 Å². The highest BCUT2D eigenvalue weighted by Crippen LogP contribution is 2.32. The van der Waals surface area contributed by atoms with Crippen LogP contribution in [0.1, 0.15) is 26.3 Å². The van der Waals surface area contributed by atoms with E-state index in [2.05, 4.69) is 4.90 Å². The van der Waals surface area contributed by atoms with Gasteiger partial charge in [0.15, 0.2) is 0 Å². The van der Waals surface area contributed by atoms with Gasteiger partial charge in [0.1, 0.15) is 18.0 Å². The highest BCUT2D eigenvalue weighted by Gasteiger charge is 2.27. The fourth-order valence-corrected chi connectivity index (χ4v) is 3.10. The average Bonchev–Trinajstić information content (AvgIpc) is 2.66. The number of nitrogens with zero attached hydrogens (tertiary/aromatic N) is 2. The number of hydrogen-bond donors (Lipinski definition) is 1. The third-order valence-corrected chi connectivity index (χ3v) is 4.49. The van der Waals surface area contributed by atoms with Gasteiger partial charge in [-0.1, -0.05) is 30.3 Å². The van der Waals surface area contributed by atoms with Crippen LogP contribution in [0.3, 0.4) is 0 Å². The van der Waals surface area contributed by atoms with E-state index in [0.29, 0.717) is 38.5 Å². The third-order valence-electron chi connectivity index (χ3n) is 4.49. The second kappa shape index (κ2) is 8.42. The smallest absolute Gasteiger partial charge is 0.410 e. The van der Waals surface area contributed by atoms with Crippen LogP contribution in [0.4, 0.5) is 16.2 Å². The molecule has 2 aromatic rings. The summed E-state index contributed by atoms with van der Waals surface area (Å²) in [5, 5.41) is 0. The number of rotatable bonds is 4. The molecule has 1 saturated heterocycles. The molecule has 150 valence electrons. The van der Waals surface area contributed by atoms with Crippen LogP contribution in [0, 0.1) is 0 Å². The molecule has 0 atom stereocenters. The van der Waals surface area contributed by atoms with Crippen molar-refractivity contribution in [2.24, 2.45) is 0 Å². The van der Waals surface area contributed by atoms with Crippen LogP contribution < -0.4 is 15.4 Å². The summed E-state index contributed by atoms with van der Waals surface area (Å²) in [7, 11) is 0. The number of nitrogens with two attached hydrogens (primary N) is 1. The normalized spacial score (nSPS) is 14.7. The topological polar surface area (TPSA) is 68.0 Å². The Morgan fingerprint density at radius 1 is 1.04 bits per heavy atom. The quantitative estimate of drug-likeness (QED) is 0.811. The lowest BCUT2D eigenvalue weighted by Gasteiger charge is -2.37. The second-order valence-electron chi connectivity index (χ2n) is 7.96. The van der Waals surface area contributed by atoms with Crippen molar-refractivity contribution in [1.29, 1.82) is 0 Å². The largest absolute Gasteiger partial charge is 0.487 e. The van der Waals surface area contributed by atoms with Crippen LogP contribution in [-0.2, 0) is 11.3 Å². The van der Waals surface area contributed by atoms with Crippen LogP contribution in [0.5, 0.6) is 5.75 Å². The van der Waals surface area contributed by atoms with Gasteiger partial charge in [-0.25, -0.2) is 4.79 Å². The summed E-state index contributed by atoms with van der Waals surface area (Å²) in [5.74, 6) is 0.795. The standard InChI is InChI=1S/C22H29N3O3/c1-22(2,3)28-21(26)25-13-11-24(12-14-25)19-15-18(23)9-10-20(19)27-16-17-7-5-4-6-8-17/h4-10,15H,11-14,16,23H2,1-3H3. The number of carbonyl (C=O) groups excluding carboxylic acids is 1. The van der Waals surface area contributed by atoms with E-state index >= 15 is 0 Å². The molecule has 6 heteroatoms. The maximum absolute atomic E-state index is 12.3. The van der Waals surface area contributed by atoms with Gasteiger partial charge in [-0.2, -0.15) is 0 Å². The van der Waals surface area contributed by atoms with E-state index in [9.17, 15) is 4.79 Å². The van der Waals surface area contributed by atoms with Crippen LogP contribution >= 0.6 is 0 Å². The molecule has 0 aromatic heterocycles. The van der Waals surface area contributed by atoms with E-state index in [-0.39, 0.29) is 6.09 Å². The molecular weight excluding hydrogens is 354 g/mol. The van der Waals surface area contributed by atoms with Gasteiger partial charge in [0.2, 0.25) is 0 Å². The molecular formula is C22H29N3O3. The molecule has 0 saturated carbocycles. The van der Waals surface area contributed by atoms with E-state index in [1.54, 1.807) is 4.90 Å². The van der Waals surface area contributed by atoms with E-state index in [1.165, 1.54) is 0 Å². The van der Waals surface area contributed by atoms with Gasteiger partial charge < -0.3 is 25.0 Å². The first-order valence-electron chi connectivity index (χ1n) is 9.61. The number of ether oxygens (including phenoxy) is 2. The number of piperazine rings is 1. The van der Waals surface area contributed by atoms with Gasteiger partial charge in [-0.3, -0.25) is 0 Å². The minimum absolute atomic E-state index is 0.264. The first-order chi connectivity index (χ1) is 13.3. The van der Waals surface area contributed by atoms with Crippen LogP contribution in [0.25, 0.3) is 0 Å². The van der Waals surface area contributed by atoms with Gasteiger partial charge in [0.25, 0.3) is 0 Å². The summed E-state index contributed by atoms with van der Waals surface area (Å²) >= 11 is 0. The highest BCUT2D eigenvalue weighted by molar-refractivity contribution is 5.69. The fraction of sp³-hybridized carbons (Fsp3) is 0.409. The molecule has 1 amide bonds. The maximum atomic E-state index is 12.3. The highest BCUT2D eigenvalue weighted by atomic mass is 16.6. The Morgan fingerprint density at radius 3 is 2.36 bits per heavy atom. The Balaban J connectivity index is 1.65. The first-order valence-corrected chi connectivity index (χ1v) is 9.61. The zero-order valence-corrected chi connectivity index (χ0v) is 16.9. The number of nitrogen functional groups attached to an aromatic ring is 1. The molecule has 6 nitrogen and oxygen atoms in total. The Kier molecular flexibility index (Phi) is 5.97. The second-order valence-corrected chi connectivity index (χ2v) is 7.96. The lowest BCUT2D eigenvalue weighted by Crippen LogP contribution is -2.50.